The molecule has 1 heterocycles. The number of carbonyl (C=O) groups excluding carboxylic acids is 1. The van der Waals surface area contributed by atoms with Crippen LogP contribution in [0.5, 0.6) is 0 Å². The zero-order valence-electron chi connectivity index (χ0n) is 11.2. The minimum Gasteiger partial charge on any atom is -0.464 e. The number of ether oxygens (including phenoxy) is 1. The van der Waals surface area contributed by atoms with Crippen molar-refractivity contribution in [3.8, 4) is 0 Å². The number of carbonyl (C=O) groups is 1. The number of nitrogens with zero attached hydrogens (tertiary/aromatic N) is 1. The number of methoxy groups -OCH3 is 1. The Morgan fingerprint density at radius 3 is 2.79 bits per heavy atom. The SMILES string of the molecule is COC(=O)c1ncsc1S(=O)(=O)NCCCC(C)C. The second-order valence-corrected chi connectivity index (χ2v) is 7.23. The maximum absolute atomic E-state index is 12.0. The van der Waals surface area contributed by atoms with Crippen molar-refractivity contribution in [2.24, 2.45) is 5.92 Å². The molecule has 108 valence electrons. The van der Waals surface area contributed by atoms with Crippen LogP contribution in [0.15, 0.2) is 9.72 Å². The van der Waals surface area contributed by atoms with Gasteiger partial charge in [-0.05, 0) is 18.8 Å². The fourth-order valence-corrected chi connectivity index (χ4v) is 3.69. The van der Waals surface area contributed by atoms with E-state index in [4.69, 9.17) is 0 Å². The molecular formula is C11H18N2O4S2. The molecule has 0 spiro atoms. The molecule has 0 atom stereocenters. The summed E-state index contributed by atoms with van der Waals surface area (Å²) in [7, 11) is -2.51. The number of nitrogens with one attached hydrogen (secondary N) is 1. The maximum atomic E-state index is 12.0. The third-order valence-electron chi connectivity index (χ3n) is 2.41. The van der Waals surface area contributed by atoms with E-state index >= 15 is 0 Å². The Hall–Kier alpha value is -0.990. The lowest BCUT2D eigenvalue weighted by Gasteiger charge is -2.07. The Morgan fingerprint density at radius 2 is 2.21 bits per heavy atom. The highest BCUT2D eigenvalue weighted by Gasteiger charge is 2.25. The molecule has 1 rings (SSSR count). The van der Waals surface area contributed by atoms with Gasteiger partial charge in [0.05, 0.1) is 12.6 Å². The second kappa shape index (κ2) is 6.97. The maximum Gasteiger partial charge on any atom is 0.358 e. The van der Waals surface area contributed by atoms with Gasteiger partial charge < -0.3 is 4.74 Å². The van der Waals surface area contributed by atoms with Crippen LogP contribution in [-0.4, -0.2) is 33.0 Å². The summed E-state index contributed by atoms with van der Waals surface area (Å²) < 4.78 is 30.9. The molecule has 0 bridgehead atoms. The molecule has 0 aliphatic heterocycles. The number of rotatable bonds is 7. The van der Waals surface area contributed by atoms with Gasteiger partial charge in [-0.3, -0.25) is 0 Å². The minimum atomic E-state index is -3.70. The van der Waals surface area contributed by atoms with E-state index in [1.807, 2.05) is 0 Å². The average Bonchev–Trinajstić information content (AvgIpc) is 2.83. The molecule has 1 aromatic heterocycles. The van der Waals surface area contributed by atoms with E-state index in [1.165, 1.54) is 12.6 Å². The molecule has 1 aromatic rings. The summed E-state index contributed by atoms with van der Waals surface area (Å²) in [5, 5.41) is 0. The van der Waals surface area contributed by atoms with Gasteiger partial charge >= 0.3 is 5.97 Å². The van der Waals surface area contributed by atoms with Crippen molar-refractivity contribution in [1.29, 1.82) is 0 Å². The highest BCUT2D eigenvalue weighted by atomic mass is 32.2. The van der Waals surface area contributed by atoms with Gasteiger partial charge in [0, 0.05) is 6.54 Å². The quantitative estimate of drug-likeness (QED) is 0.611. The smallest absolute Gasteiger partial charge is 0.358 e. The molecule has 0 aliphatic rings. The van der Waals surface area contributed by atoms with Crippen LogP contribution in [-0.2, 0) is 14.8 Å². The van der Waals surface area contributed by atoms with Crippen LogP contribution >= 0.6 is 11.3 Å². The summed E-state index contributed by atoms with van der Waals surface area (Å²) in [5.74, 6) is -0.220. The normalized spacial score (nSPS) is 11.8. The van der Waals surface area contributed by atoms with Crippen molar-refractivity contribution in [1.82, 2.24) is 9.71 Å². The topological polar surface area (TPSA) is 85.4 Å². The van der Waals surface area contributed by atoms with Crippen LogP contribution < -0.4 is 4.72 Å². The van der Waals surface area contributed by atoms with E-state index in [-0.39, 0.29) is 9.90 Å². The zero-order chi connectivity index (χ0) is 14.5. The van der Waals surface area contributed by atoms with E-state index < -0.39 is 16.0 Å². The van der Waals surface area contributed by atoms with Crippen molar-refractivity contribution in [2.75, 3.05) is 13.7 Å². The van der Waals surface area contributed by atoms with Crippen LogP contribution in [0.25, 0.3) is 0 Å². The molecule has 0 aliphatic carbocycles. The van der Waals surface area contributed by atoms with Crippen molar-refractivity contribution < 1.29 is 17.9 Å². The van der Waals surface area contributed by atoms with Crippen LogP contribution in [0, 0.1) is 5.92 Å². The second-order valence-electron chi connectivity index (χ2n) is 4.41. The van der Waals surface area contributed by atoms with Gasteiger partial charge in [0.15, 0.2) is 9.90 Å². The number of aromatic nitrogens is 1. The summed E-state index contributed by atoms with van der Waals surface area (Å²) in [5.41, 5.74) is 1.15. The third-order valence-corrected chi connectivity index (χ3v) is 5.24. The molecule has 0 saturated carbocycles. The van der Waals surface area contributed by atoms with E-state index in [9.17, 15) is 13.2 Å². The van der Waals surface area contributed by atoms with Crippen LogP contribution in [0.3, 0.4) is 0 Å². The molecule has 0 unspecified atom stereocenters. The van der Waals surface area contributed by atoms with Gasteiger partial charge in [-0.1, -0.05) is 13.8 Å². The summed E-state index contributed by atoms with van der Waals surface area (Å²) >= 11 is 0.902. The van der Waals surface area contributed by atoms with Gasteiger partial charge in [0.1, 0.15) is 0 Å². The highest BCUT2D eigenvalue weighted by molar-refractivity contribution is 7.91. The molecule has 0 amide bonds. The molecule has 0 saturated heterocycles. The molecule has 0 radical (unpaired) electrons. The fourth-order valence-electron chi connectivity index (χ4n) is 1.44. The molecule has 0 aromatic carbocycles. The number of thiazole rings is 1. The monoisotopic (exact) mass is 306 g/mol. The molecule has 19 heavy (non-hydrogen) atoms. The zero-order valence-corrected chi connectivity index (χ0v) is 12.8. The predicted octanol–water partition coefficient (Wildman–Crippen LogP) is 1.64. The lowest BCUT2D eigenvalue weighted by molar-refractivity contribution is 0.0590. The van der Waals surface area contributed by atoms with Crippen molar-refractivity contribution in [2.45, 2.75) is 30.9 Å². The van der Waals surface area contributed by atoms with E-state index in [0.29, 0.717) is 12.5 Å². The number of hydrogen-bond acceptors (Lipinski definition) is 6. The predicted molar refractivity (Wildman–Crippen MR) is 72.7 cm³/mol. The van der Waals surface area contributed by atoms with Crippen molar-refractivity contribution in [3.63, 3.8) is 0 Å². The lowest BCUT2D eigenvalue weighted by atomic mass is 10.1. The lowest BCUT2D eigenvalue weighted by Crippen LogP contribution is -2.26. The first kappa shape index (κ1) is 16.1. The third kappa shape index (κ3) is 4.55. The van der Waals surface area contributed by atoms with E-state index in [2.05, 4.69) is 28.3 Å². The van der Waals surface area contributed by atoms with Gasteiger partial charge in [-0.25, -0.2) is 22.9 Å². The molecule has 1 N–H and O–H groups in total. The summed E-state index contributed by atoms with van der Waals surface area (Å²) in [6.45, 7) is 4.50. The van der Waals surface area contributed by atoms with Crippen LogP contribution in [0.2, 0.25) is 0 Å². The van der Waals surface area contributed by atoms with Crippen molar-refractivity contribution in [3.05, 3.63) is 11.2 Å². The van der Waals surface area contributed by atoms with Crippen molar-refractivity contribution >= 4 is 27.3 Å². The number of sulfonamides is 1. The number of esters is 1. The molecular weight excluding hydrogens is 288 g/mol. The summed E-state index contributed by atoms with van der Waals surface area (Å²) in [6, 6.07) is 0. The van der Waals surface area contributed by atoms with E-state index in [1.54, 1.807) is 0 Å². The summed E-state index contributed by atoms with van der Waals surface area (Å²) in [6.07, 6.45) is 1.69. The summed E-state index contributed by atoms with van der Waals surface area (Å²) in [4.78, 5) is 15.1. The van der Waals surface area contributed by atoms with Gasteiger partial charge in [-0.15, -0.1) is 11.3 Å². The Bertz CT molecular complexity index is 523. The first-order valence-electron chi connectivity index (χ1n) is 5.90. The first-order chi connectivity index (χ1) is 8.88. The van der Waals surface area contributed by atoms with Gasteiger partial charge in [0.25, 0.3) is 10.0 Å². The standard InChI is InChI=1S/C11H18N2O4S2/c1-8(2)5-4-6-13-19(15,16)11-9(10(14)17-3)12-7-18-11/h7-8,13H,4-6H2,1-3H3. The van der Waals surface area contributed by atoms with Gasteiger partial charge in [0.2, 0.25) is 0 Å². The molecule has 6 nitrogen and oxygen atoms in total. The van der Waals surface area contributed by atoms with Crippen LogP contribution in [0.1, 0.15) is 37.2 Å². The van der Waals surface area contributed by atoms with Gasteiger partial charge in [-0.2, -0.15) is 0 Å². The highest BCUT2D eigenvalue weighted by Crippen LogP contribution is 2.20. The van der Waals surface area contributed by atoms with Crippen LogP contribution in [0.4, 0.5) is 0 Å². The Labute approximate surface area is 117 Å². The van der Waals surface area contributed by atoms with E-state index in [0.717, 1.165) is 24.2 Å². The largest absolute Gasteiger partial charge is 0.464 e. The first-order valence-corrected chi connectivity index (χ1v) is 8.26. The molecule has 0 fully saturated rings. The number of hydrogen-bond donors (Lipinski definition) is 1. The average molecular weight is 306 g/mol. The molecule has 8 heteroatoms. The Morgan fingerprint density at radius 1 is 1.53 bits per heavy atom. The Balaban J connectivity index is 2.73. The fraction of sp³-hybridized carbons (Fsp3) is 0.636. The Kier molecular flexibility index (Phi) is 5.89. The minimum absolute atomic E-state index is 0.0936.